The van der Waals surface area contributed by atoms with Crippen LogP contribution >= 0.6 is 0 Å². The molecule has 1 fully saturated rings. The molecule has 0 aliphatic carbocycles. The van der Waals surface area contributed by atoms with Gasteiger partial charge in [-0.1, -0.05) is 0 Å². The summed E-state index contributed by atoms with van der Waals surface area (Å²) in [6.45, 7) is 1.41. The molecule has 1 aromatic carbocycles. The van der Waals surface area contributed by atoms with Gasteiger partial charge in [0.1, 0.15) is 5.71 Å². The van der Waals surface area contributed by atoms with E-state index in [4.69, 9.17) is 4.74 Å². The summed E-state index contributed by atoms with van der Waals surface area (Å²) in [5.41, 5.74) is 2.93. The highest BCUT2D eigenvalue weighted by Crippen LogP contribution is 2.19. The van der Waals surface area contributed by atoms with Crippen LogP contribution in [0.2, 0.25) is 0 Å². The van der Waals surface area contributed by atoms with Crippen molar-refractivity contribution in [3.8, 4) is 0 Å². The number of ether oxygens (including phenoxy) is 1. The molecule has 25 heavy (non-hydrogen) atoms. The summed E-state index contributed by atoms with van der Waals surface area (Å²) in [7, 11) is -3.56. The van der Waals surface area contributed by atoms with Crippen molar-refractivity contribution in [2.45, 2.75) is 17.7 Å². The number of nitrogens with one attached hydrogen (secondary N) is 2. The van der Waals surface area contributed by atoms with E-state index < -0.39 is 15.9 Å². The summed E-state index contributed by atoms with van der Waals surface area (Å²) < 4.78 is 31.6. The number of morpholine rings is 1. The molecule has 0 unspecified atom stereocenters. The number of hydrazone groups is 1. The lowest BCUT2D eigenvalue weighted by Crippen LogP contribution is -2.40. The number of hydrogen-bond donors (Lipinski definition) is 2. The third-order valence-electron chi connectivity index (χ3n) is 3.89. The van der Waals surface area contributed by atoms with Crippen LogP contribution in [0.25, 0.3) is 0 Å². The van der Waals surface area contributed by atoms with E-state index in [-0.39, 0.29) is 29.4 Å². The molecule has 0 atom stereocenters. The van der Waals surface area contributed by atoms with Crippen molar-refractivity contribution in [1.29, 1.82) is 0 Å². The Morgan fingerprint density at radius 3 is 2.44 bits per heavy atom. The molecule has 2 amide bonds. The minimum atomic E-state index is -3.56. The van der Waals surface area contributed by atoms with Crippen molar-refractivity contribution in [3.05, 3.63) is 24.3 Å². The van der Waals surface area contributed by atoms with E-state index in [0.29, 0.717) is 32.0 Å². The summed E-state index contributed by atoms with van der Waals surface area (Å²) in [4.78, 5) is 23.3. The van der Waals surface area contributed by atoms with Crippen molar-refractivity contribution in [3.63, 3.8) is 0 Å². The van der Waals surface area contributed by atoms with Crippen LogP contribution in [0.1, 0.15) is 12.8 Å². The molecular formula is C15H18N4O5S. The fourth-order valence-electron chi connectivity index (χ4n) is 2.49. The molecule has 9 nitrogen and oxygen atoms in total. The van der Waals surface area contributed by atoms with Crippen molar-refractivity contribution in [2.24, 2.45) is 5.10 Å². The molecule has 3 rings (SSSR count). The molecule has 2 N–H and O–H groups in total. The molecule has 0 bridgehead atoms. The van der Waals surface area contributed by atoms with Crippen LogP contribution in [0.4, 0.5) is 5.69 Å². The average Bonchev–Trinajstić information content (AvgIpc) is 2.63. The van der Waals surface area contributed by atoms with Crippen LogP contribution in [0.15, 0.2) is 34.3 Å². The second kappa shape index (κ2) is 7.30. The van der Waals surface area contributed by atoms with Crippen LogP contribution in [0, 0.1) is 0 Å². The van der Waals surface area contributed by atoms with Gasteiger partial charge in [0.2, 0.25) is 15.9 Å². The highest BCUT2D eigenvalue weighted by atomic mass is 32.2. The summed E-state index contributed by atoms with van der Waals surface area (Å²) in [6, 6.07) is 5.94. The van der Waals surface area contributed by atoms with Crippen LogP contribution < -0.4 is 10.7 Å². The number of anilines is 1. The average molecular weight is 366 g/mol. The summed E-state index contributed by atoms with van der Waals surface area (Å²) >= 11 is 0. The maximum Gasteiger partial charge on any atom is 0.271 e. The molecule has 0 spiro atoms. The van der Waals surface area contributed by atoms with E-state index >= 15 is 0 Å². The lowest BCUT2D eigenvalue weighted by molar-refractivity contribution is -0.121. The summed E-state index contributed by atoms with van der Waals surface area (Å²) in [5.74, 6) is -0.655. The predicted molar refractivity (Wildman–Crippen MR) is 89.5 cm³/mol. The van der Waals surface area contributed by atoms with E-state index in [1.165, 1.54) is 28.6 Å². The van der Waals surface area contributed by atoms with Gasteiger partial charge in [-0.2, -0.15) is 9.41 Å². The van der Waals surface area contributed by atoms with Crippen LogP contribution in [0.5, 0.6) is 0 Å². The van der Waals surface area contributed by atoms with Gasteiger partial charge in [-0.15, -0.1) is 0 Å². The lowest BCUT2D eigenvalue weighted by Gasteiger charge is -2.26. The Bertz CT molecular complexity index is 798. The van der Waals surface area contributed by atoms with Crippen LogP contribution in [-0.2, 0) is 24.3 Å². The fraction of sp³-hybridized carbons (Fsp3) is 0.400. The maximum atomic E-state index is 12.5. The van der Waals surface area contributed by atoms with Gasteiger partial charge in [-0.05, 0) is 24.3 Å². The minimum absolute atomic E-state index is 0.162. The fourth-order valence-corrected chi connectivity index (χ4v) is 3.90. The highest BCUT2D eigenvalue weighted by molar-refractivity contribution is 7.89. The molecule has 10 heteroatoms. The molecule has 0 radical (unpaired) electrons. The zero-order valence-corrected chi connectivity index (χ0v) is 14.2. The third kappa shape index (κ3) is 4.03. The molecular weight excluding hydrogens is 348 g/mol. The number of benzene rings is 1. The third-order valence-corrected chi connectivity index (χ3v) is 5.80. The molecule has 134 valence electrons. The Hall–Kier alpha value is -2.30. The second-order valence-electron chi connectivity index (χ2n) is 5.59. The number of carbonyl (C=O) groups is 2. The highest BCUT2D eigenvalue weighted by Gasteiger charge is 2.26. The van der Waals surface area contributed by atoms with Crippen molar-refractivity contribution in [2.75, 3.05) is 31.6 Å². The SMILES string of the molecule is O=C1CCC(C(=O)Nc2ccc(S(=O)(=O)N3CCOCC3)cc2)=NN1. The standard InChI is InChI=1S/C15H18N4O5S/c20-14-6-5-13(17-18-14)15(21)16-11-1-3-12(4-2-11)25(22,23)19-7-9-24-10-8-19/h1-4H,5-10H2,(H,16,21)(H,18,20). The normalized spacial score (nSPS) is 19.0. The van der Waals surface area contributed by atoms with Crippen molar-refractivity contribution in [1.82, 2.24) is 9.73 Å². The zero-order chi connectivity index (χ0) is 17.9. The molecule has 2 aliphatic rings. The number of sulfonamides is 1. The van der Waals surface area contributed by atoms with E-state index in [1.807, 2.05) is 0 Å². The van der Waals surface area contributed by atoms with Gasteiger partial charge in [-0.3, -0.25) is 9.59 Å². The monoisotopic (exact) mass is 366 g/mol. The number of rotatable bonds is 4. The number of nitrogens with zero attached hydrogens (tertiary/aromatic N) is 2. The molecule has 1 saturated heterocycles. The second-order valence-corrected chi connectivity index (χ2v) is 7.53. The number of hydrogen-bond acceptors (Lipinski definition) is 6. The number of carbonyl (C=O) groups excluding carboxylic acids is 2. The smallest absolute Gasteiger partial charge is 0.271 e. The van der Waals surface area contributed by atoms with Gasteiger partial charge in [0.15, 0.2) is 0 Å². The summed E-state index contributed by atoms with van der Waals surface area (Å²) in [6.07, 6.45) is 0.476. The largest absolute Gasteiger partial charge is 0.379 e. The van der Waals surface area contributed by atoms with Crippen molar-refractivity contribution >= 4 is 33.2 Å². The maximum absolute atomic E-state index is 12.5. The van der Waals surface area contributed by atoms with Gasteiger partial charge in [0.05, 0.1) is 18.1 Å². The topological polar surface area (TPSA) is 117 Å². The van der Waals surface area contributed by atoms with E-state index in [9.17, 15) is 18.0 Å². The van der Waals surface area contributed by atoms with E-state index in [1.54, 1.807) is 0 Å². The lowest BCUT2D eigenvalue weighted by atomic mass is 10.1. The molecule has 0 aromatic heterocycles. The van der Waals surface area contributed by atoms with Crippen molar-refractivity contribution < 1.29 is 22.7 Å². The van der Waals surface area contributed by atoms with Gasteiger partial charge in [0, 0.05) is 31.6 Å². The number of amides is 2. The Labute approximate surface area is 145 Å². The molecule has 0 saturated carbocycles. The van der Waals surface area contributed by atoms with E-state index in [2.05, 4.69) is 15.8 Å². The Morgan fingerprint density at radius 2 is 1.84 bits per heavy atom. The van der Waals surface area contributed by atoms with Gasteiger partial charge < -0.3 is 10.1 Å². The molecule has 2 aliphatic heterocycles. The first-order chi connectivity index (χ1) is 12.0. The van der Waals surface area contributed by atoms with Gasteiger partial charge in [0.25, 0.3) is 5.91 Å². The van der Waals surface area contributed by atoms with Crippen LogP contribution in [0.3, 0.4) is 0 Å². The van der Waals surface area contributed by atoms with Gasteiger partial charge in [-0.25, -0.2) is 13.8 Å². The van der Waals surface area contributed by atoms with E-state index in [0.717, 1.165) is 0 Å². The predicted octanol–water partition coefficient (Wildman–Crippen LogP) is -0.0880. The first-order valence-corrected chi connectivity index (χ1v) is 9.25. The van der Waals surface area contributed by atoms with Gasteiger partial charge >= 0.3 is 0 Å². The summed E-state index contributed by atoms with van der Waals surface area (Å²) in [5, 5.41) is 6.35. The quantitative estimate of drug-likeness (QED) is 0.772. The molecule has 1 aromatic rings. The van der Waals surface area contributed by atoms with Crippen LogP contribution in [-0.4, -0.2) is 56.6 Å². The zero-order valence-electron chi connectivity index (χ0n) is 13.4. The first-order valence-electron chi connectivity index (χ1n) is 7.81. The minimum Gasteiger partial charge on any atom is -0.379 e. The Morgan fingerprint density at radius 1 is 1.16 bits per heavy atom. The Balaban J connectivity index is 1.68. The molecule has 2 heterocycles. The first kappa shape index (κ1) is 17.5. The Kier molecular flexibility index (Phi) is 5.11.